The molecule has 2 aromatic heterocycles. The van der Waals surface area contributed by atoms with E-state index < -0.39 is 5.69 Å². The lowest BCUT2D eigenvalue weighted by atomic mass is 10.2. The fourth-order valence-corrected chi connectivity index (χ4v) is 3.70. The summed E-state index contributed by atoms with van der Waals surface area (Å²) in [7, 11) is 0. The summed E-state index contributed by atoms with van der Waals surface area (Å²) in [5, 5.41) is 0.628. The summed E-state index contributed by atoms with van der Waals surface area (Å²) < 4.78 is 4.55. The molecule has 0 aliphatic carbocycles. The second kappa shape index (κ2) is 7.37. The Labute approximate surface area is 172 Å². The predicted molar refractivity (Wildman–Crippen MR) is 115 cm³/mol. The molecule has 4 rings (SSSR count). The van der Waals surface area contributed by atoms with E-state index in [4.69, 9.17) is 11.6 Å². The summed E-state index contributed by atoms with van der Waals surface area (Å²) in [5.74, 6) is 0. The van der Waals surface area contributed by atoms with Gasteiger partial charge in [0.05, 0.1) is 12.0 Å². The number of benzene rings is 2. The summed E-state index contributed by atoms with van der Waals surface area (Å²) >= 11 is 6.10. The lowest BCUT2D eigenvalue weighted by Crippen LogP contribution is -2.41. The maximum atomic E-state index is 13.2. The number of rotatable bonds is 4. The molecule has 6 nitrogen and oxygen atoms in total. The molecule has 0 aliphatic rings. The Bertz CT molecular complexity index is 1310. The maximum absolute atomic E-state index is 13.2. The third kappa shape index (κ3) is 3.40. The van der Waals surface area contributed by atoms with Gasteiger partial charge in [0.2, 0.25) is 0 Å². The molecule has 0 saturated heterocycles. The first-order chi connectivity index (χ1) is 13.9. The first kappa shape index (κ1) is 19.2. The number of nitrogens with zero attached hydrogens (tertiary/aromatic N) is 4. The fourth-order valence-electron chi connectivity index (χ4n) is 3.49. The molecule has 0 unspecified atom stereocenters. The van der Waals surface area contributed by atoms with Crippen molar-refractivity contribution < 1.29 is 0 Å². The van der Waals surface area contributed by atoms with Gasteiger partial charge in [0.1, 0.15) is 0 Å². The molecule has 0 amide bonds. The molecule has 29 heavy (non-hydrogen) atoms. The van der Waals surface area contributed by atoms with Crippen molar-refractivity contribution in [2.75, 3.05) is 0 Å². The van der Waals surface area contributed by atoms with Crippen LogP contribution in [0.1, 0.15) is 31.0 Å². The Morgan fingerprint density at radius 3 is 2.45 bits per heavy atom. The first-order valence-corrected chi connectivity index (χ1v) is 9.78. The fraction of sp³-hybridized carbons (Fsp3) is 0.227. The highest BCUT2D eigenvalue weighted by Crippen LogP contribution is 2.17. The van der Waals surface area contributed by atoms with Gasteiger partial charge in [0, 0.05) is 17.6 Å². The van der Waals surface area contributed by atoms with E-state index in [1.807, 2.05) is 63.2 Å². The van der Waals surface area contributed by atoms with E-state index >= 15 is 0 Å². The van der Waals surface area contributed by atoms with Gasteiger partial charge in [-0.1, -0.05) is 41.4 Å². The largest absolute Gasteiger partial charge is 0.337 e. The molecule has 0 atom stereocenters. The molecule has 0 radical (unpaired) electrons. The van der Waals surface area contributed by atoms with Gasteiger partial charge in [-0.05, 0) is 50.6 Å². The van der Waals surface area contributed by atoms with E-state index in [0.717, 1.165) is 11.1 Å². The second-order valence-electron chi connectivity index (χ2n) is 7.40. The summed E-state index contributed by atoms with van der Waals surface area (Å²) in [6.07, 6.45) is 1.60. The van der Waals surface area contributed by atoms with Crippen molar-refractivity contribution >= 4 is 22.8 Å². The number of hydrogen-bond donors (Lipinski definition) is 0. The van der Waals surface area contributed by atoms with Crippen LogP contribution in [0.15, 0.2) is 64.4 Å². The van der Waals surface area contributed by atoms with Crippen LogP contribution in [-0.4, -0.2) is 18.7 Å². The van der Waals surface area contributed by atoms with Crippen LogP contribution in [0.4, 0.5) is 0 Å². The number of imidazole rings is 1. The van der Waals surface area contributed by atoms with Crippen LogP contribution in [-0.2, 0) is 6.54 Å². The minimum absolute atomic E-state index is 0.286. The Morgan fingerprint density at radius 2 is 1.79 bits per heavy atom. The van der Waals surface area contributed by atoms with Crippen molar-refractivity contribution in [3.63, 3.8) is 0 Å². The van der Waals surface area contributed by atoms with E-state index in [0.29, 0.717) is 28.4 Å². The van der Waals surface area contributed by atoms with Gasteiger partial charge in [-0.15, -0.1) is 0 Å². The maximum Gasteiger partial charge on any atom is 0.337 e. The van der Waals surface area contributed by atoms with Gasteiger partial charge in [0.25, 0.3) is 5.56 Å². The Morgan fingerprint density at radius 1 is 1.07 bits per heavy atom. The number of aromatic nitrogens is 4. The summed E-state index contributed by atoms with van der Waals surface area (Å²) in [6, 6.07) is 14.8. The van der Waals surface area contributed by atoms with Crippen LogP contribution in [0.2, 0.25) is 5.02 Å². The number of fused-ring (bicyclic) bond motifs is 1. The lowest BCUT2D eigenvalue weighted by Gasteiger charge is -2.15. The summed E-state index contributed by atoms with van der Waals surface area (Å²) in [6.45, 7) is 6.06. The second-order valence-corrected chi connectivity index (χ2v) is 7.83. The number of aryl methyl sites for hydroxylation is 1. The van der Waals surface area contributed by atoms with E-state index in [1.165, 1.54) is 9.13 Å². The third-order valence-electron chi connectivity index (χ3n) is 4.90. The molecule has 4 aromatic rings. The van der Waals surface area contributed by atoms with Crippen LogP contribution in [0, 0.1) is 6.92 Å². The van der Waals surface area contributed by atoms with Gasteiger partial charge in [-0.25, -0.2) is 14.3 Å². The average molecular weight is 409 g/mol. The molecule has 0 bridgehead atoms. The molecule has 148 valence electrons. The normalized spacial score (nSPS) is 11.5. The number of halogens is 1. The van der Waals surface area contributed by atoms with Crippen LogP contribution in [0.5, 0.6) is 0 Å². The van der Waals surface area contributed by atoms with Crippen LogP contribution in [0.3, 0.4) is 0 Å². The summed E-state index contributed by atoms with van der Waals surface area (Å²) in [4.78, 5) is 30.9. The van der Waals surface area contributed by atoms with E-state index in [2.05, 4.69) is 4.98 Å². The van der Waals surface area contributed by atoms with E-state index in [-0.39, 0.29) is 11.6 Å². The molecule has 7 heteroatoms. The molecule has 0 saturated carbocycles. The van der Waals surface area contributed by atoms with Gasteiger partial charge in [0.15, 0.2) is 11.2 Å². The summed E-state index contributed by atoms with van der Waals surface area (Å²) in [5.41, 5.74) is 2.70. The van der Waals surface area contributed by atoms with E-state index in [9.17, 15) is 9.59 Å². The topological polar surface area (TPSA) is 61.8 Å². The van der Waals surface area contributed by atoms with Gasteiger partial charge in [-0.3, -0.25) is 9.36 Å². The van der Waals surface area contributed by atoms with Crippen molar-refractivity contribution in [3.05, 3.63) is 91.8 Å². The number of hydrogen-bond acceptors (Lipinski definition) is 3. The zero-order chi connectivity index (χ0) is 20.7. The first-order valence-electron chi connectivity index (χ1n) is 9.40. The average Bonchev–Trinajstić information content (AvgIpc) is 3.06. The minimum Gasteiger partial charge on any atom is -0.320 e. The molecule has 0 spiro atoms. The van der Waals surface area contributed by atoms with Gasteiger partial charge in [-0.2, -0.15) is 0 Å². The molecular weight excluding hydrogens is 388 g/mol. The Kier molecular flexibility index (Phi) is 4.88. The third-order valence-corrected chi connectivity index (χ3v) is 5.13. The molecular formula is C22H21ClN4O2. The minimum atomic E-state index is -0.394. The van der Waals surface area contributed by atoms with Crippen LogP contribution < -0.4 is 11.2 Å². The SMILES string of the molecule is Cc1ccc(-n2c(=O)n(C(C)C)c(=O)c3c2ncn3Cc2cccc(Cl)c2)cc1. The van der Waals surface area contributed by atoms with Gasteiger partial charge < -0.3 is 4.57 Å². The van der Waals surface area contributed by atoms with Gasteiger partial charge >= 0.3 is 5.69 Å². The molecule has 2 aromatic carbocycles. The quantitative estimate of drug-likeness (QED) is 0.513. The zero-order valence-electron chi connectivity index (χ0n) is 16.5. The highest BCUT2D eigenvalue weighted by Gasteiger charge is 2.20. The van der Waals surface area contributed by atoms with Crippen molar-refractivity contribution in [3.8, 4) is 5.69 Å². The van der Waals surface area contributed by atoms with Crippen LogP contribution in [0.25, 0.3) is 16.9 Å². The zero-order valence-corrected chi connectivity index (χ0v) is 17.2. The van der Waals surface area contributed by atoms with Crippen molar-refractivity contribution in [1.29, 1.82) is 0 Å². The standard InChI is InChI=1S/C22H21ClN4O2/c1-14(2)26-21(28)19-20(27(22(26)29)18-9-7-15(3)8-10-18)24-13-25(19)12-16-5-4-6-17(23)11-16/h4-11,13-14H,12H2,1-3H3. The monoisotopic (exact) mass is 408 g/mol. The molecule has 0 N–H and O–H groups in total. The van der Waals surface area contributed by atoms with Crippen molar-refractivity contribution in [2.45, 2.75) is 33.4 Å². The highest BCUT2D eigenvalue weighted by atomic mass is 35.5. The predicted octanol–water partition coefficient (Wildman–Crippen LogP) is 3.94. The van der Waals surface area contributed by atoms with Crippen LogP contribution >= 0.6 is 11.6 Å². The Balaban J connectivity index is 2.01. The highest BCUT2D eigenvalue weighted by molar-refractivity contribution is 6.30. The lowest BCUT2D eigenvalue weighted by molar-refractivity contribution is 0.539. The van der Waals surface area contributed by atoms with Crippen molar-refractivity contribution in [1.82, 2.24) is 18.7 Å². The Hall–Kier alpha value is -3.12. The molecule has 0 fully saturated rings. The van der Waals surface area contributed by atoms with Crippen molar-refractivity contribution in [2.24, 2.45) is 0 Å². The van der Waals surface area contributed by atoms with E-state index in [1.54, 1.807) is 17.0 Å². The smallest absolute Gasteiger partial charge is 0.320 e. The molecule has 2 heterocycles. The molecule has 0 aliphatic heterocycles.